The maximum absolute atomic E-state index is 9.91. The normalized spacial score (nSPS) is 14.6. The van der Waals surface area contributed by atoms with E-state index in [9.17, 15) is 10.2 Å². The number of benzene rings is 1. The molecule has 1 aromatic rings. The molecule has 0 aliphatic heterocycles. The molecule has 3 nitrogen and oxygen atoms in total. The summed E-state index contributed by atoms with van der Waals surface area (Å²) in [5, 5.41) is 19.8. The lowest BCUT2D eigenvalue weighted by atomic mass is 10.2. The lowest BCUT2D eigenvalue weighted by molar-refractivity contribution is 0.0798. The Labute approximate surface area is 97.3 Å². The van der Waals surface area contributed by atoms with E-state index in [0.29, 0.717) is 12.8 Å². The van der Waals surface area contributed by atoms with Crippen LogP contribution >= 0.6 is 0 Å². The number of nitrogens with zero attached hydrogens (tertiary/aromatic N) is 1. The molecule has 1 aromatic carbocycles. The zero-order valence-corrected chi connectivity index (χ0v) is 10.2. The SMILES string of the molecule is CCC(O)N(c1ccc(C)cc1)C(O)CC. The van der Waals surface area contributed by atoms with Crippen molar-refractivity contribution in [2.24, 2.45) is 0 Å². The van der Waals surface area contributed by atoms with Crippen molar-refractivity contribution in [3.8, 4) is 0 Å². The van der Waals surface area contributed by atoms with Gasteiger partial charge in [0.05, 0.1) is 0 Å². The Balaban J connectivity index is 2.96. The maximum Gasteiger partial charge on any atom is 0.128 e. The minimum absolute atomic E-state index is 0.588. The van der Waals surface area contributed by atoms with Crippen LogP contribution in [0.3, 0.4) is 0 Å². The second-order valence-electron chi connectivity index (χ2n) is 4.02. The van der Waals surface area contributed by atoms with Crippen molar-refractivity contribution in [3.63, 3.8) is 0 Å². The van der Waals surface area contributed by atoms with E-state index >= 15 is 0 Å². The van der Waals surface area contributed by atoms with Crippen molar-refractivity contribution in [2.75, 3.05) is 4.90 Å². The van der Waals surface area contributed by atoms with Crippen LogP contribution in [0.25, 0.3) is 0 Å². The Hall–Kier alpha value is -1.06. The summed E-state index contributed by atoms with van der Waals surface area (Å²) < 4.78 is 0. The van der Waals surface area contributed by atoms with E-state index in [1.807, 2.05) is 45.0 Å². The first-order valence-corrected chi connectivity index (χ1v) is 5.81. The second-order valence-corrected chi connectivity index (χ2v) is 4.02. The average Bonchev–Trinajstić information content (AvgIpc) is 2.31. The number of hydrogen-bond acceptors (Lipinski definition) is 3. The Bertz CT molecular complexity index is 300. The zero-order chi connectivity index (χ0) is 12.1. The molecule has 3 heteroatoms. The van der Waals surface area contributed by atoms with E-state index in [2.05, 4.69) is 0 Å². The van der Waals surface area contributed by atoms with Gasteiger partial charge in [-0.1, -0.05) is 31.5 Å². The molecule has 0 saturated carbocycles. The molecular formula is C13H21NO2. The van der Waals surface area contributed by atoms with Crippen LogP contribution < -0.4 is 4.90 Å². The fourth-order valence-corrected chi connectivity index (χ4v) is 1.65. The van der Waals surface area contributed by atoms with Gasteiger partial charge in [-0.05, 0) is 31.9 Å². The molecule has 2 unspecified atom stereocenters. The number of rotatable bonds is 5. The molecule has 16 heavy (non-hydrogen) atoms. The Kier molecular flexibility index (Phi) is 4.77. The summed E-state index contributed by atoms with van der Waals surface area (Å²) in [6.07, 6.45) is -0.106. The molecule has 0 radical (unpaired) electrons. The third kappa shape index (κ3) is 2.97. The van der Waals surface area contributed by atoms with Crippen molar-refractivity contribution in [1.82, 2.24) is 0 Å². The lowest BCUT2D eigenvalue weighted by Crippen LogP contribution is -2.42. The smallest absolute Gasteiger partial charge is 0.128 e. The van der Waals surface area contributed by atoms with Gasteiger partial charge in [-0.3, -0.25) is 0 Å². The summed E-state index contributed by atoms with van der Waals surface area (Å²) in [5.74, 6) is 0. The van der Waals surface area contributed by atoms with Crippen LogP contribution in [0.4, 0.5) is 5.69 Å². The van der Waals surface area contributed by atoms with Gasteiger partial charge in [0.2, 0.25) is 0 Å². The minimum Gasteiger partial charge on any atom is -0.374 e. The van der Waals surface area contributed by atoms with E-state index in [0.717, 1.165) is 5.69 Å². The lowest BCUT2D eigenvalue weighted by Gasteiger charge is -2.33. The van der Waals surface area contributed by atoms with Crippen LogP contribution in [-0.4, -0.2) is 22.7 Å². The van der Waals surface area contributed by atoms with Gasteiger partial charge in [0.1, 0.15) is 12.5 Å². The summed E-state index contributed by atoms with van der Waals surface area (Å²) in [6.45, 7) is 5.81. The number of aliphatic hydroxyl groups excluding tert-OH is 2. The van der Waals surface area contributed by atoms with Gasteiger partial charge in [0.15, 0.2) is 0 Å². The monoisotopic (exact) mass is 223 g/mol. The Morgan fingerprint density at radius 1 is 1.00 bits per heavy atom. The second kappa shape index (κ2) is 5.87. The minimum atomic E-state index is -0.641. The van der Waals surface area contributed by atoms with Gasteiger partial charge in [-0.2, -0.15) is 0 Å². The highest BCUT2D eigenvalue weighted by Gasteiger charge is 2.20. The van der Waals surface area contributed by atoms with Crippen molar-refractivity contribution in [2.45, 2.75) is 46.1 Å². The average molecular weight is 223 g/mol. The maximum atomic E-state index is 9.91. The first-order valence-electron chi connectivity index (χ1n) is 5.81. The van der Waals surface area contributed by atoms with Gasteiger partial charge in [-0.25, -0.2) is 0 Å². The van der Waals surface area contributed by atoms with Crippen LogP contribution in [0, 0.1) is 6.92 Å². The standard InChI is InChI=1S/C13H21NO2/c1-4-12(15)14(13(16)5-2)11-8-6-10(3)7-9-11/h6-9,12-13,15-16H,4-5H2,1-3H3. The number of anilines is 1. The molecule has 0 spiro atoms. The van der Waals surface area contributed by atoms with E-state index in [-0.39, 0.29) is 0 Å². The van der Waals surface area contributed by atoms with Crippen molar-refractivity contribution >= 4 is 5.69 Å². The van der Waals surface area contributed by atoms with Crippen LogP contribution in [0.5, 0.6) is 0 Å². The quantitative estimate of drug-likeness (QED) is 0.752. The van der Waals surface area contributed by atoms with Crippen LogP contribution in [-0.2, 0) is 0 Å². The summed E-state index contributed by atoms with van der Waals surface area (Å²) in [6, 6.07) is 7.81. The number of aryl methyl sites for hydroxylation is 1. The van der Waals surface area contributed by atoms with Gasteiger partial charge < -0.3 is 15.1 Å². The van der Waals surface area contributed by atoms with Crippen LogP contribution in [0.2, 0.25) is 0 Å². The van der Waals surface area contributed by atoms with E-state index in [1.165, 1.54) is 5.56 Å². The van der Waals surface area contributed by atoms with Crippen molar-refractivity contribution in [1.29, 1.82) is 0 Å². The van der Waals surface area contributed by atoms with Gasteiger partial charge in [0, 0.05) is 5.69 Å². The van der Waals surface area contributed by atoms with Crippen LogP contribution in [0.15, 0.2) is 24.3 Å². The van der Waals surface area contributed by atoms with E-state index < -0.39 is 12.5 Å². The Morgan fingerprint density at radius 3 is 1.81 bits per heavy atom. The molecule has 90 valence electrons. The topological polar surface area (TPSA) is 43.7 Å². The molecule has 0 aliphatic rings. The molecule has 2 atom stereocenters. The first-order chi connectivity index (χ1) is 7.60. The molecule has 0 bridgehead atoms. The predicted molar refractivity (Wildman–Crippen MR) is 66.3 cm³/mol. The molecule has 2 N–H and O–H groups in total. The van der Waals surface area contributed by atoms with Crippen molar-refractivity contribution in [3.05, 3.63) is 29.8 Å². The predicted octanol–water partition coefficient (Wildman–Crippen LogP) is 2.26. The number of hydrogen-bond donors (Lipinski definition) is 2. The largest absolute Gasteiger partial charge is 0.374 e. The first kappa shape index (κ1) is 13.0. The van der Waals surface area contributed by atoms with Gasteiger partial charge in [0.25, 0.3) is 0 Å². The molecular weight excluding hydrogens is 202 g/mol. The molecule has 0 fully saturated rings. The summed E-state index contributed by atoms with van der Waals surface area (Å²) in [5.41, 5.74) is 2.02. The highest BCUT2D eigenvalue weighted by atomic mass is 16.3. The third-order valence-electron chi connectivity index (χ3n) is 2.70. The highest BCUT2D eigenvalue weighted by molar-refractivity contribution is 5.48. The third-order valence-corrected chi connectivity index (χ3v) is 2.70. The highest BCUT2D eigenvalue weighted by Crippen LogP contribution is 2.21. The van der Waals surface area contributed by atoms with Gasteiger partial charge in [-0.15, -0.1) is 0 Å². The number of aliphatic hydroxyl groups is 2. The summed E-state index contributed by atoms with van der Waals surface area (Å²) >= 11 is 0. The molecule has 0 aliphatic carbocycles. The zero-order valence-electron chi connectivity index (χ0n) is 10.2. The van der Waals surface area contributed by atoms with E-state index in [1.54, 1.807) is 4.90 Å². The van der Waals surface area contributed by atoms with Crippen molar-refractivity contribution < 1.29 is 10.2 Å². The fourth-order valence-electron chi connectivity index (χ4n) is 1.65. The molecule has 1 rings (SSSR count). The Morgan fingerprint density at radius 2 is 1.44 bits per heavy atom. The molecule has 0 saturated heterocycles. The summed E-state index contributed by atoms with van der Waals surface area (Å²) in [4.78, 5) is 1.65. The van der Waals surface area contributed by atoms with Crippen LogP contribution in [0.1, 0.15) is 32.3 Å². The fraction of sp³-hybridized carbons (Fsp3) is 0.538. The van der Waals surface area contributed by atoms with E-state index in [4.69, 9.17) is 0 Å². The molecule has 0 amide bonds. The molecule has 0 heterocycles. The summed E-state index contributed by atoms with van der Waals surface area (Å²) in [7, 11) is 0. The van der Waals surface area contributed by atoms with Gasteiger partial charge >= 0.3 is 0 Å². The molecule has 0 aromatic heterocycles.